The Morgan fingerprint density at radius 1 is 1.03 bits per heavy atom. The van der Waals surface area contributed by atoms with Crippen LogP contribution in [0.25, 0.3) is 22.2 Å². The van der Waals surface area contributed by atoms with Crippen LogP contribution in [0.2, 0.25) is 0 Å². The Balaban J connectivity index is 1.68. The molecule has 0 aliphatic carbocycles. The smallest absolute Gasteiger partial charge is 0.255 e. The van der Waals surface area contributed by atoms with Crippen LogP contribution < -0.4 is 10.5 Å². The second-order valence-corrected chi connectivity index (χ2v) is 8.12. The molecule has 3 N–H and O–H groups in total. The molecule has 1 heterocycles. The molecule has 4 rings (SSSR count). The molecule has 1 amide bonds. The lowest BCUT2D eigenvalue weighted by Gasteiger charge is -2.09. The van der Waals surface area contributed by atoms with Crippen molar-refractivity contribution in [3.63, 3.8) is 0 Å². The van der Waals surface area contributed by atoms with E-state index in [1.165, 1.54) is 6.07 Å². The number of aryl methyl sites for hydroxylation is 1. The molecule has 1 aromatic heterocycles. The summed E-state index contributed by atoms with van der Waals surface area (Å²) in [6, 6.07) is 19.0. The van der Waals surface area contributed by atoms with Crippen molar-refractivity contribution in [2.45, 2.75) is 11.8 Å². The molecule has 0 atom stereocenters. The number of benzene rings is 3. The zero-order valence-corrected chi connectivity index (χ0v) is 16.2. The number of carbonyl (C=O) groups excluding carboxylic acids is 1. The van der Waals surface area contributed by atoms with Gasteiger partial charge in [0, 0.05) is 16.8 Å². The molecule has 0 bridgehead atoms. The first kappa shape index (κ1) is 18.9. The second-order valence-electron chi connectivity index (χ2n) is 6.59. The van der Waals surface area contributed by atoms with Crippen molar-refractivity contribution in [2.75, 3.05) is 5.32 Å². The molecule has 3 aromatic carbocycles. The highest BCUT2D eigenvalue weighted by Gasteiger charge is 2.16. The summed E-state index contributed by atoms with van der Waals surface area (Å²) in [7, 11) is -3.89. The third-order valence-electron chi connectivity index (χ3n) is 4.53. The molecule has 0 fully saturated rings. The average Bonchev–Trinajstić information content (AvgIpc) is 3.12. The number of nitrogens with two attached hydrogens (primary N) is 1. The number of anilines is 1. The Labute approximate surface area is 167 Å². The summed E-state index contributed by atoms with van der Waals surface area (Å²) >= 11 is 0. The van der Waals surface area contributed by atoms with E-state index >= 15 is 0 Å². The van der Waals surface area contributed by atoms with Gasteiger partial charge in [-0.3, -0.25) is 4.79 Å². The maximum absolute atomic E-state index is 12.7. The van der Waals surface area contributed by atoms with Crippen LogP contribution in [0.3, 0.4) is 0 Å². The van der Waals surface area contributed by atoms with Crippen LogP contribution in [0.15, 0.2) is 76.1 Å². The molecule has 7 nitrogen and oxygen atoms in total. The topological polar surface area (TPSA) is 115 Å². The molecular weight excluding hydrogens is 390 g/mol. The molecule has 0 unspecified atom stereocenters. The lowest BCUT2D eigenvalue weighted by Crippen LogP contribution is -2.16. The van der Waals surface area contributed by atoms with Gasteiger partial charge in [0.05, 0.1) is 10.3 Å². The second kappa shape index (κ2) is 7.16. The number of sulfonamides is 1. The monoisotopic (exact) mass is 407 g/mol. The Hall–Kier alpha value is -3.49. The highest BCUT2D eigenvalue weighted by atomic mass is 32.2. The Kier molecular flexibility index (Phi) is 4.65. The highest BCUT2D eigenvalue weighted by molar-refractivity contribution is 7.89. The Morgan fingerprint density at radius 3 is 2.52 bits per heavy atom. The minimum atomic E-state index is -3.89. The minimum Gasteiger partial charge on any atom is -0.355 e. The summed E-state index contributed by atoms with van der Waals surface area (Å²) in [5.41, 5.74) is 2.70. The standard InChI is InChI=1S/C21H17N3O4S/c1-13-7-9-16(12-19(13)29(22,26)27)23-21(25)15-8-10-18-17(11-15)20(28-24-18)14-5-3-2-4-6-14/h2-12H,1H3,(H,23,25)(H2,22,26,27). The number of hydrogen-bond acceptors (Lipinski definition) is 5. The van der Waals surface area contributed by atoms with E-state index in [1.807, 2.05) is 30.3 Å². The van der Waals surface area contributed by atoms with Crippen LogP contribution in [0.1, 0.15) is 15.9 Å². The molecule has 0 saturated heterocycles. The molecule has 0 aliphatic heterocycles. The summed E-state index contributed by atoms with van der Waals surface area (Å²) in [5, 5.41) is 12.7. The summed E-state index contributed by atoms with van der Waals surface area (Å²) in [6.07, 6.45) is 0. The van der Waals surface area contributed by atoms with Crippen molar-refractivity contribution in [3.8, 4) is 11.3 Å². The van der Waals surface area contributed by atoms with E-state index in [0.717, 1.165) is 5.56 Å². The number of carbonyl (C=O) groups is 1. The summed E-state index contributed by atoms with van der Waals surface area (Å²) in [6.45, 7) is 1.64. The van der Waals surface area contributed by atoms with E-state index < -0.39 is 15.9 Å². The van der Waals surface area contributed by atoms with E-state index in [4.69, 9.17) is 9.66 Å². The largest absolute Gasteiger partial charge is 0.355 e. The first-order valence-corrected chi connectivity index (χ1v) is 10.3. The number of rotatable bonds is 4. The molecule has 0 saturated carbocycles. The number of aromatic nitrogens is 1. The van der Waals surface area contributed by atoms with Crippen LogP contribution in [0.5, 0.6) is 0 Å². The van der Waals surface area contributed by atoms with Gasteiger partial charge in [-0.25, -0.2) is 13.6 Å². The van der Waals surface area contributed by atoms with E-state index in [1.54, 1.807) is 37.3 Å². The van der Waals surface area contributed by atoms with Crippen LogP contribution in [-0.4, -0.2) is 19.5 Å². The van der Waals surface area contributed by atoms with Crippen molar-refractivity contribution in [3.05, 3.63) is 77.9 Å². The Bertz CT molecular complexity index is 1330. The third-order valence-corrected chi connectivity index (χ3v) is 5.58. The molecule has 29 heavy (non-hydrogen) atoms. The van der Waals surface area contributed by atoms with Gasteiger partial charge < -0.3 is 9.84 Å². The van der Waals surface area contributed by atoms with E-state index in [2.05, 4.69) is 10.5 Å². The molecule has 8 heteroatoms. The van der Waals surface area contributed by atoms with Gasteiger partial charge in [-0.15, -0.1) is 0 Å². The Morgan fingerprint density at radius 2 is 1.79 bits per heavy atom. The van der Waals surface area contributed by atoms with Crippen LogP contribution in [0, 0.1) is 6.92 Å². The lowest BCUT2D eigenvalue weighted by atomic mass is 10.1. The molecule has 146 valence electrons. The van der Waals surface area contributed by atoms with Gasteiger partial charge in [-0.2, -0.15) is 0 Å². The fourth-order valence-corrected chi connectivity index (χ4v) is 3.88. The fourth-order valence-electron chi connectivity index (χ4n) is 3.07. The number of nitrogens with zero attached hydrogens (tertiary/aromatic N) is 1. The van der Waals surface area contributed by atoms with Gasteiger partial charge >= 0.3 is 0 Å². The van der Waals surface area contributed by atoms with Crippen molar-refractivity contribution < 1.29 is 17.7 Å². The number of amides is 1. The maximum Gasteiger partial charge on any atom is 0.255 e. The van der Waals surface area contributed by atoms with Crippen molar-refractivity contribution in [2.24, 2.45) is 5.14 Å². The van der Waals surface area contributed by atoms with Crippen LogP contribution in [-0.2, 0) is 10.0 Å². The quantitative estimate of drug-likeness (QED) is 0.535. The normalized spacial score (nSPS) is 11.5. The average molecular weight is 407 g/mol. The highest BCUT2D eigenvalue weighted by Crippen LogP contribution is 2.29. The van der Waals surface area contributed by atoms with Crippen molar-refractivity contribution in [1.29, 1.82) is 0 Å². The number of nitrogens with one attached hydrogen (secondary N) is 1. The van der Waals surface area contributed by atoms with E-state index in [0.29, 0.717) is 33.5 Å². The van der Waals surface area contributed by atoms with Crippen molar-refractivity contribution >= 4 is 32.5 Å². The predicted molar refractivity (Wildman–Crippen MR) is 110 cm³/mol. The summed E-state index contributed by atoms with van der Waals surface area (Å²) < 4.78 is 28.9. The minimum absolute atomic E-state index is 0.0313. The summed E-state index contributed by atoms with van der Waals surface area (Å²) in [5.74, 6) is 0.179. The fraction of sp³-hybridized carbons (Fsp3) is 0.0476. The van der Waals surface area contributed by atoms with Gasteiger partial charge in [0.15, 0.2) is 5.76 Å². The zero-order chi connectivity index (χ0) is 20.6. The first-order valence-electron chi connectivity index (χ1n) is 8.72. The van der Waals surface area contributed by atoms with Gasteiger partial charge in [-0.05, 0) is 42.8 Å². The third kappa shape index (κ3) is 3.75. The first-order chi connectivity index (χ1) is 13.8. The molecule has 0 aliphatic rings. The zero-order valence-electron chi connectivity index (χ0n) is 15.4. The van der Waals surface area contributed by atoms with Gasteiger partial charge in [0.2, 0.25) is 10.0 Å². The molecule has 4 aromatic rings. The maximum atomic E-state index is 12.7. The van der Waals surface area contributed by atoms with Gasteiger partial charge in [-0.1, -0.05) is 41.6 Å². The lowest BCUT2D eigenvalue weighted by molar-refractivity contribution is 0.102. The van der Waals surface area contributed by atoms with Crippen LogP contribution in [0.4, 0.5) is 5.69 Å². The van der Waals surface area contributed by atoms with Gasteiger partial charge in [0.1, 0.15) is 5.52 Å². The van der Waals surface area contributed by atoms with Gasteiger partial charge in [0.25, 0.3) is 5.91 Å². The molecule has 0 radical (unpaired) electrons. The van der Waals surface area contributed by atoms with E-state index in [-0.39, 0.29) is 4.90 Å². The van der Waals surface area contributed by atoms with E-state index in [9.17, 15) is 13.2 Å². The number of hydrogen-bond donors (Lipinski definition) is 2. The number of fused-ring (bicyclic) bond motifs is 1. The summed E-state index contributed by atoms with van der Waals surface area (Å²) in [4.78, 5) is 12.7. The SMILES string of the molecule is Cc1ccc(NC(=O)c2ccc3noc(-c4ccccc4)c3c2)cc1S(N)(=O)=O. The van der Waals surface area contributed by atoms with Crippen molar-refractivity contribution in [1.82, 2.24) is 5.16 Å². The molecule has 0 spiro atoms. The molecular formula is C21H17N3O4S. The predicted octanol–water partition coefficient (Wildman–Crippen LogP) is 3.70. The number of primary sulfonamides is 1. The van der Waals surface area contributed by atoms with Crippen LogP contribution >= 0.6 is 0 Å².